The Bertz CT molecular complexity index is 1530. The molecule has 4 aliphatic carbocycles. The van der Waals surface area contributed by atoms with Crippen LogP contribution < -0.4 is 11.1 Å². The van der Waals surface area contributed by atoms with Crippen molar-refractivity contribution in [3.63, 3.8) is 0 Å². The topological polar surface area (TPSA) is 187 Å². The van der Waals surface area contributed by atoms with Crippen molar-refractivity contribution in [2.75, 3.05) is 14.1 Å². The van der Waals surface area contributed by atoms with Gasteiger partial charge in [-0.05, 0) is 75.5 Å². The smallest absolute Gasteiger partial charge is 0.255 e. The maximum Gasteiger partial charge on any atom is 0.255 e. The summed E-state index contributed by atoms with van der Waals surface area (Å²) in [5, 5.41) is 48.2. The van der Waals surface area contributed by atoms with E-state index in [4.69, 9.17) is 10.2 Å². The third-order valence-corrected chi connectivity index (χ3v) is 8.67. The molecule has 1 amide bonds. The summed E-state index contributed by atoms with van der Waals surface area (Å²) in [6.45, 7) is 0.571. The van der Waals surface area contributed by atoms with Gasteiger partial charge in [0, 0.05) is 23.1 Å². The first-order valence-corrected chi connectivity index (χ1v) is 13.3. The second kappa shape index (κ2) is 9.05. The molecule has 11 heteroatoms. The summed E-state index contributed by atoms with van der Waals surface area (Å²) in [4.78, 5) is 40.8. The lowest BCUT2D eigenvalue weighted by Gasteiger charge is -2.50. The zero-order valence-corrected chi connectivity index (χ0v) is 22.1. The van der Waals surface area contributed by atoms with E-state index in [2.05, 4.69) is 5.32 Å². The molecule has 0 spiro atoms. The minimum absolute atomic E-state index is 0.0234. The first kappa shape index (κ1) is 26.3. The molecule has 2 aromatic rings. The van der Waals surface area contributed by atoms with Crippen molar-refractivity contribution in [3.8, 4) is 17.1 Å². The minimum Gasteiger partial charge on any atom is -0.508 e. The van der Waals surface area contributed by atoms with Gasteiger partial charge in [0.05, 0.1) is 18.2 Å². The van der Waals surface area contributed by atoms with Gasteiger partial charge in [0.1, 0.15) is 34.4 Å². The fraction of sp³-hybridized carbons (Fsp3) is 0.414. The van der Waals surface area contributed by atoms with Gasteiger partial charge in [-0.3, -0.25) is 19.3 Å². The number of aliphatic hydroxyl groups excluding tert-OH is 2. The lowest BCUT2D eigenvalue weighted by atomic mass is 9.57. The number of carbonyl (C=O) groups excluding carboxylic acids is 3. The molecule has 40 heavy (non-hydrogen) atoms. The van der Waals surface area contributed by atoms with Crippen molar-refractivity contribution in [3.05, 3.63) is 58.1 Å². The predicted molar refractivity (Wildman–Crippen MR) is 142 cm³/mol. The molecule has 0 aliphatic heterocycles. The minimum atomic E-state index is -2.66. The summed E-state index contributed by atoms with van der Waals surface area (Å²) in [7, 11) is 3.13. The van der Waals surface area contributed by atoms with Crippen LogP contribution in [0.15, 0.2) is 45.6 Å². The number of nitrogens with zero attached hydrogens (tertiary/aromatic N) is 1. The highest BCUT2D eigenvalue weighted by molar-refractivity contribution is 6.24. The molecular formula is C29H31N3O8. The first-order valence-electron chi connectivity index (χ1n) is 13.3. The molecule has 1 aromatic heterocycles. The second-order valence-corrected chi connectivity index (χ2v) is 11.4. The van der Waals surface area contributed by atoms with Crippen molar-refractivity contribution < 1.29 is 39.2 Å². The van der Waals surface area contributed by atoms with Gasteiger partial charge in [0.2, 0.25) is 5.78 Å². The van der Waals surface area contributed by atoms with Gasteiger partial charge in [0.15, 0.2) is 11.4 Å². The number of hydrogen-bond donors (Lipinski definition) is 6. The van der Waals surface area contributed by atoms with Crippen molar-refractivity contribution in [2.45, 2.75) is 49.9 Å². The van der Waals surface area contributed by atoms with Crippen molar-refractivity contribution >= 4 is 23.2 Å². The number of Topliss-reactive ketones (excluding diaryl/α,β-unsaturated/α-hetero) is 2. The summed E-state index contributed by atoms with van der Waals surface area (Å²) in [6, 6.07) is 6.12. The van der Waals surface area contributed by atoms with E-state index < -0.39 is 58.0 Å². The summed E-state index contributed by atoms with van der Waals surface area (Å²) >= 11 is 0. The van der Waals surface area contributed by atoms with Crippen molar-refractivity contribution in [1.82, 2.24) is 10.2 Å². The summed E-state index contributed by atoms with van der Waals surface area (Å²) in [5.41, 5.74) is 2.89. The standard InChI is InChI=1S/C29H31N3O8/c1-32(2)23-17-10-12-9-16-15(19-8-5-14(40-19)11-31-13-3-4-13)6-7-18(33)21(16)24(34)20(12)26(36)29(17,39)27(37)22(25(23)35)28(30)38/h5-8,12-13,17,23,31,33-34,37,39H,3-4,9-11H2,1-2H3,(H2,30,38)/t12-,17+,23+,29-/m0/s1. The molecule has 0 bridgehead atoms. The molecule has 11 nitrogen and oxygen atoms in total. The van der Waals surface area contributed by atoms with Gasteiger partial charge in [-0.2, -0.15) is 0 Å². The molecule has 210 valence electrons. The highest BCUT2D eigenvalue weighted by Gasteiger charge is 2.64. The number of amides is 1. The maximum absolute atomic E-state index is 13.9. The Hall–Kier alpha value is -3.93. The number of phenols is 1. The molecule has 4 atom stereocenters. The van der Waals surface area contributed by atoms with Crippen molar-refractivity contribution in [1.29, 1.82) is 0 Å². The molecule has 1 aromatic carbocycles. The Morgan fingerprint density at radius 2 is 1.88 bits per heavy atom. The number of fused-ring (bicyclic) bond motifs is 3. The maximum atomic E-state index is 13.9. The van der Waals surface area contributed by atoms with E-state index in [1.54, 1.807) is 20.2 Å². The largest absolute Gasteiger partial charge is 0.508 e. The number of rotatable bonds is 6. The number of hydrogen-bond acceptors (Lipinski definition) is 10. The molecular weight excluding hydrogens is 518 g/mol. The van der Waals surface area contributed by atoms with E-state index >= 15 is 0 Å². The fourth-order valence-electron chi connectivity index (χ4n) is 6.62. The third-order valence-electron chi connectivity index (χ3n) is 8.67. The number of benzene rings is 1. The number of aromatic hydroxyl groups is 1. The van der Waals surface area contributed by atoms with Crippen LogP contribution in [0.25, 0.3) is 17.1 Å². The average Bonchev–Trinajstić information content (AvgIpc) is 3.60. The molecule has 2 fully saturated rings. The van der Waals surface area contributed by atoms with Gasteiger partial charge in [-0.15, -0.1) is 0 Å². The third kappa shape index (κ3) is 3.72. The Balaban J connectivity index is 1.47. The summed E-state index contributed by atoms with van der Waals surface area (Å²) in [5.74, 6) is -5.52. The van der Waals surface area contributed by atoms with E-state index in [-0.39, 0.29) is 29.7 Å². The van der Waals surface area contributed by atoms with Crippen molar-refractivity contribution in [2.24, 2.45) is 17.6 Å². The van der Waals surface area contributed by atoms with E-state index in [0.29, 0.717) is 29.5 Å². The van der Waals surface area contributed by atoms with Crippen LogP contribution in [-0.2, 0) is 27.3 Å². The Kier molecular flexibility index (Phi) is 5.95. The summed E-state index contributed by atoms with van der Waals surface area (Å²) in [6.07, 6.45) is 2.49. The predicted octanol–water partition coefficient (Wildman–Crippen LogP) is 1.48. The summed E-state index contributed by atoms with van der Waals surface area (Å²) < 4.78 is 6.08. The molecule has 0 saturated heterocycles. The van der Waals surface area contributed by atoms with Crippen LogP contribution in [0.3, 0.4) is 0 Å². The number of nitrogens with one attached hydrogen (secondary N) is 1. The number of likely N-dealkylation sites (N-methyl/N-ethyl adjacent to an activating group) is 1. The molecule has 2 saturated carbocycles. The fourth-order valence-corrected chi connectivity index (χ4v) is 6.62. The normalized spacial score (nSPS) is 28.1. The molecule has 6 rings (SSSR count). The van der Waals surface area contributed by atoms with Crippen LogP contribution in [0, 0.1) is 11.8 Å². The van der Waals surface area contributed by atoms with E-state index in [1.165, 1.54) is 11.0 Å². The lowest BCUT2D eigenvalue weighted by molar-refractivity contribution is -0.153. The molecule has 0 radical (unpaired) electrons. The number of primary amides is 1. The zero-order chi connectivity index (χ0) is 28.7. The van der Waals surface area contributed by atoms with E-state index in [0.717, 1.165) is 18.6 Å². The highest BCUT2D eigenvalue weighted by Crippen LogP contribution is 2.53. The number of phenolic OH excluding ortho intramolecular Hbond substituents is 1. The number of ketones is 2. The van der Waals surface area contributed by atoms with Crippen LogP contribution >= 0.6 is 0 Å². The van der Waals surface area contributed by atoms with Crippen LogP contribution in [-0.4, -0.2) is 74.6 Å². The molecule has 7 N–H and O–H groups in total. The van der Waals surface area contributed by atoms with Crippen LogP contribution in [0.5, 0.6) is 5.75 Å². The Morgan fingerprint density at radius 3 is 2.52 bits per heavy atom. The number of nitrogens with two attached hydrogens (primary N) is 1. The van der Waals surface area contributed by atoms with Gasteiger partial charge in [-0.1, -0.05) is 0 Å². The first-order chi connectivity index (χ1) is 18.9. The molecule has 4 aliphatic rings. The number of aliphatic hydroxyl groups is 3. The van der Waals surface area contributed by atoms with Gasteiger partial charge in [0.25, 0.3) is 5.91 Å². The lowest BCUT2D eigenvalue weighted by Crippen LogP contribution is -2.65. The van der Waals surface area contributed by atoms with Gasteiger partial charge >= 0.3 is 0 Å². The van der Waals surface area contributed by atoms with Gasteiger partial charge in [-0.25, -0.2) is 0 Å². The van der Waals surface area contributed by atoms with Crippen LogP contribution in [0.4, 0.5) is 0 Å². The highest BCUT2D eigenvalue weighted by atomic mass is 16.4. The molecule has 0 unspecified atom stereocenters. The van der Waals surface area contributed by atoms with E-state index in [1.807, 2.05) is 12.1 Å². The Labute approximate surface area is 229 Å². The monoisotopic (exact) mass is 549 g/mol. The van der Waals surface area contributed by atoms with Gasteiger partial charge < -0.3 is 35.9 Å². The zero-order valence-electron chi connectivity index (χ0n) is 22.1. The second-order valence-electron chi connectivity index (χ2n) is 11.4. The number of furan rings is 1. The molecule has 1 heterocycles. The SMILES string of the molecule is CN(C)[C@H]1C(=O)C(C(N)=O)=C(O)[C@@]2(O)C(=O)C3=C(O)c4c(O)ccc(-c5ccc(CNC6CC6)o5)c4C[C@H]3C[C@H]12. The average molecular weight is 550 g/mol. The quantitative estimate of drug-likeness (QED) is 0.288. The number of carbonyl (C=O) groups is 3. The Morgan fingerprint density at radius 1 is 1.15 bits per heavy atom. The van der Waals surface area contributed by atoms with Crippen LogP contribution in [0.1, 0.15) is 36.1 Å². The van der Waals surface area contributed by atoms with Crippen LogP contribution in [0.2, 0.25) is 0 Å². The van der Waals surface area contributed by atoms with E-state index in [9.17, 15) is 34.8 Å².